The van der Waals surface area contributed by atoms with Gasteiger partial charge in [-0.15, -0.1) is 0 Å². The highest BCUT2D eigenvalue weighted by Gasteiger charge is 2.26. The second-order valence-electron chi connectivity index (χ2n) is 5.93. The molecule has 0 heterocycles. The molecule has 5 heteroatoms. The molecule has 0 spiro atoms. The van der Waals surface area contributed by atoms with Crippen molar-refractivity contribution in [1.29, 1.82) is 0 Å². The van der Waals surface area contributed by atoms with Crippen LogP contribution in [0.2, 0.25) is 5.02 Å². The fraction of sp³-hybridized carbons (Fsp3) is 0.529. The summed E-state index contributed by atoms with van der Waals surface area (Å²) in [6, 6.07) is 7.81. The number of aryl methyl sites for hydroxylation is 1. The van der Waals surface area contributed by atoms with Crippen molar-refractivity contribution in [2.24, 2.45) is 5.92 Å². The Labute approximate surface area is 135 Å². The van der Waals surface area contributed by atoms with Crippen LogP contribution in [0.25, 0.3) is 0 Å². The molecule has 120 valence electrons. The predicted octanol–water partition coefficient (Wildman–Crippen LogP) is 3.42. The number of hydrogen-bond acceptors (Lipinski definition) is 2. The van der Waals surface area contributed by atoms with E-state index in [4.69, 9.17) is 16.7 Å². The average Bonchev–Trinajstić information content (AvgIpc) is 2.50. The maximum atomic E-state index is 11.9. The van der Waals surface area contributed by atoms with Gasteiger partial charge in [-0.3, -0.25) is 9.59 Å². The van der Waals surface area contributed by atoms with E-state index in [1.807, 2.05) is 24.3 Å². The van der Waals surface area contributed by atoms with Crippen molar-refractivity contribution in [3.8, 4) is 0 Å². The Kier molecular flexibility index (Phi) is 6.25. The predicted molar refractivity (Wildman–Crippen MR) is 85.9 cm³/mol. The third-order valence-electron chi connectivity index (χ3n) is 4.22. The van der Waals surface area contributed by atoms with Gasteiger partial charge in [0.05, 0.1) is 5.92 Å². The van der Waals surface area contributed by atoms with E-state index in [9.17, 15) is 9.59 Å². The number of nitrogens with one attached hydrogen (secondary N) is 1. The first-order chi connectivity index (χ1) is 10.5. The Morgan fingerprint density at radius 3 is 2.36 bits per heavy atom. The van der Waals surface area contributed by atoms with E-state index in [0.717, 1.165) is 30.7 Å². The molecule has 0 bridgehead atoms. The molecule has 0 aliphatic heterocycles. The van der Waals surface area contributed by atoms with Crippen LogP contribution in [-0.2, 0) is 16.0 Å². The Hall–Kier alpha value is -1.55. The smallest absolute Gasteiger partial charge is 0.306 e. The van der Waals surface area contributed by atoms with Crippen molar-refractivity contribution in [3.05, 3.63) is 34.9 Å². The number of carbonyl (C=O) groups is 2. The van der Waals surface area contributed by atoms with E-state index in [0.29, 0.717) is 19.3 Å². The van der Waals surface area contributed by atoms with Crippen LogP contribution in [0.5, 0.6) is 0 Å². The molecule has 1 aliphatic rings. The summed E-state index contributed by atoms with van der Waals surface area (Å²) in [6.07, 6.45) is 5.01. The summed E-state index contributed by atoms with van der Waals surface area (Å²) in [6.45, 7) is 0. The van der Waals surface area contributed by atoms with Gasteiger partial charge in [-0.2, -0.15) is 0 Å². The van der Waals surface area contributed by atoms with Gasteiger partial charge in [0.15, 0.2) is 0 Å². The number of halogens is 1. The number of benzene rings is 1. The molecular formula is C17H22ClNO3. The first kappa shape index (κ1) is 16.8. The van der Waals surface area contributed by atoms with Crippen LogP contribution in [0.1, 0.15) is 44.1 Å². The van der Waals surface area contributed by atoms with Crippen LogP contribution in [0.3, 0.4) is 0 Å². The SMILES string of the molecule is O=C(CCCc1ccc(Cl)cc1)NC1CCC(C(=O)O)CC1. The summed E-state index contributed by atoms with van der Waals surface area (Å²) in [4.78, 5) is 22.8. The lowest BCUT2D eigenvalue weighted by Crippen LogP contribution is -2.38. The van der Waals surface area contributed by atoms with Gasteiger partial charge in [0.2, 0.25) is 5.91 Å². The number of hydrogen-bond donors (Lipinski definition) is 2. The summed E-state index contributed by atoms with van der Waals surface area (Å²) >= 11 is 5.83. The first-order valence-electron chi connectivity index (χ1n) is 7.81. The molecule has 2 N–H and O–H groups in total. The summed E-state index contributed by atoms with van der Waals surface area (Å²) < 4.78 is 0. The molecule has 1 aliphatic carbocycles. The highest BCUT2D eigenvalue weighted by molar-refractivity contribution is 6.30. The Bertz CT molecular complexity index is 507. The number of carboxylic acid groups (broad SMARTS) is 1. The van der Waals surface area contributed by atoms with Gasteiger partial charge in [0.1, 0.15) is 0 Å². The zero-order chi connectivity index (χ0) is 15.9. The van der Waals surface area contributed by atoms with Gasteiger partial charge in [0.25, 0.3) is 0 Å². The lowest BCUT2D eigenvalue weighted by Gasteiger charge is -2.26. The second-order valence-corrected chi connectivity index (χ2v) is 6.37. The molecule has 0 aromatic heterocycles. The number of carboxylic acids is 1. The maximum absolute atomic E-state index is 11.9. The van der Waals surface area contributed by atoms with Gasteiger partial charge in [-0.05, 0) is 56.2 Å². The van der Waals surface area contributed by atoms with E-state index in [1.54, 1.807) is 0 Å². The van der Waals surface area contributed by atoms with Crippen LogP contribution < -0.4 is 5.32 Å². The van der Waals surface area contributed by atoms with E-state index < -0.39 is 5.97 Å². The van der Waals surface area contributed by atoms with Crippen molar-refractivity contribution in [1.82, 2.24) is 5.32 Å². The highest BCUT2D eigenvalue weighted by atomic mass is 35.5. The average molecular weight is 324 g/mol. The van der Waals surface area contributed by atoms with E-state index in [2.05, 4.69) is 5.32 Å². The highest BCUT2D eigenvalue weighted by Crippen LogP contribution is 2.24. The van der Waals surface area contributed by atoms with Crippen molar-refractivity contribution in [2.45, 2.75) is 51.0 Å². The Balaban J connectivity index is 1.64. The molecule has 1 aromatic rings. The molecule has 1 aromatic carbocycles. The fourth-order valence-corrected chi connectivity index (χ4v) is 3.01. The molecule has 4 nitrogen and oxygen atoms in total. The molecule has 1 saturated carbocycles. The summed E-state index contributed by atoms with van der Waals surface area (Å²) in [5, 5.41) is 12.7. The van der Waals surface area contributed by atoms with Crippen LogP contribution in [-0.4, -0.2) is 23.0 Å². The van der Waals surface area contributed by atoms with Crippen LogP contribution in [0.15, 0.2) is 24.3 Å². The second kappa shape index (κ2) is 8.18. The lowest BCUT2D eigenvalue weighted by atomic mass is 9.86. The molecule has 0 atom stereocenters. The zero-order valence-corrected chi connectivity index (χ0v) is 13.3. The molecular weight excluding hydrogens is 302 g/mol. The lowest BCUT2D eigenvalue weighted by molar-refractivity contribution is -0.142. The quantitative estimate of drug-likeness (QED) is 0.843. The minimum absolute atomic E-state index is 0.0627. The van der Waals surface area contributed by atoms with Crippen LogP contribution in [0, 0.1) is 5.92 Å². The van der Waals surface area contributed by atoms with Gasteiger partial charge in [-0.25, -0.2) is 0 Å². The van der Waals surface area contributed by atoms with Crippen molar-refractivity contribution in [3.63, 3.8) is 0 Å². The number of aliphatic carboxylic acids is 1. The van der Waals surface area contributed by atoms with Crippen molar-refractivity contribution < 1.29 is 14.7 Å². The van der Waals surface area contributed by atoms with Crippen LogP contribution >= 0.6 is 11.6 Å². The number of amides is 1. The monoisotopic (exact) mass is 323 g/mol. The largest absolute Gasteiger partial charge is 0.481 e. The normalized spacial score (nSPS) is 21.3. The minimum atomic E-state index is -0.715. The minimum Gasteiger partial charge on any atom is -0.481 e. The summed E-state index contributed by atoms with van der Waals surface area (Å²) in [7, 11) is 0. The van der Waals surface area contributed by atoms with Gasteiger partial charge in [-0.1, -0.05) is 23.7 Å². The van der Waals surface area contributed by atoms with Crippen molar-refractivity contribution in [2.75, 3.05) is 0 Å². The summed E-state index contributed by atoms with van der Waals surface area (Å²) in [5.74, 6) is -0.890. The zero-order valence-electron chi connectivity index (χ0n) is 12.6. The summed E-state index contributed by atoms with van der Waals surface area (Å²) in [5.41, 5.74) is 1.18. The van der Waals surface area contributed by atoms with Gasteiger partial charge >= 0.3 is 5.97 Å². The molecule has 1 amide bonds. The molecule has 1 fully saturated rings. The molecule has 22 heavy (non-hydrogen) atoms. The topological polar surface area (TPSA) is 66.4 Å². The van der Waals surface area contributed by atoms with E-state index >= 15 is 0 Å². The van der Waals surface area contributed by atoms with E-state index in [1.165, 1.54) is 5.56 Å². The van der Waals surface area contributed by atoms with Crippen LogP contribution in [0.4, 0.5) is 0 Å². The standard InChI is InChI=1S/C17H22ClNO3/c18-14-8-4-12(5-9-14)2-1-3-16(20)19-15-10-6-13(7-11-15)17(21)22/h4-5,8-9,13,15H,1-3,6-7,10-11H2,(H,19,20)(H,21,22). The molecule has 0 radical (unpaired) electrons. The van der Waals surface area contributed by atoms with E-state index in [-0.39, 0.29) is 17.9 Å². The first-order valence-corrected chi connectivity index (χ1v) is 8.19. The fourth-order valence-electron chi connectivity index (χ4n) is 2.89. The Morgan fingerprint density at radius 2 is 1.77 bits per heavy atom. The molecule has 0 saturated heterocycles. The third kappa shape index (κ3) is 5.34. The van der Waals surface area contributed by atoms with Gasteiger partial charge < -0.3 is 10.4 Å². The molecule has 2 rings (SSSR count). The number of rotatable bonds is 6. The maximum Gasteiger partial charge on any atom is 0.306 e. The number of carbonyl (C=O) groups excluding carboxylic acids is 1. The van der Waals surface area contributed by atoms with Crippen molar-refractivity contribution >= 4 is 23.5 Å². The Morgan fingerprint density at radius 1 is 1.14 bits per heavy atom. The van der Waals surface area contributed by atoms with Gasteiger partial charge in [0, 0.05) is 17.5 Å². The molecule has 0 unspecified atom stereocenters. The third-order valence-corrected chi connectivity index (χ3v) is 4.48.